The zero-order chi connectivity index (χ0) is 20.3. The molecule has 1 amide bonds. The maximum Gasteiger partial charge on any atom is 0.261 e. The molecule has 0 atom stereocenters. The number of nitrogens with one attached hydrogen (secondary N) is 2. The molecule has 5 nitrogen and oxygen atoms in total. The Hall–Kier alpha value is -2.78. The van der Waals surface area contributed by atoms with Gasteiger partial charge in [0.2, 0.25) is 0 Å². The summed E-state index contributed by atoms with van der Waals surface area (Å²) >= 11 is 3.23. The van der Waals surface area contributed by atoms with Gasteiger partial charge in [-0.15, -0.1) is 0 Å². The van der Waals surface area contributed by atoms with Gasteiger partial charge in [0.15, 0.2) is 0 Å². The van der Waals surface area contributed by atoms with E-state index in [0.717, 1.165) is 24.3 Å². The molecule has 0 saturated carbocycles. The number of benzene rings is 3. The van der Waals surface area contributed by atoms with Gasteiger partial charge in [0.1, 0.15) is 11.6 Å². The van der Waals surface area contributed by atoms with Gasteiger partial charge in [0.25, 0.3) is 15.9 Å². The topological polar surface area (TPSA) is 75.3 Å². The van der Waals surface area contributed by atoms with Crippen molar-refractivity contribution in [3.8, 4) is 0 Å². The van der Waals surface area contributed by atoms with Crippen molar-refractivity contribution in [3.63, 3.8) is 0 Å². The standard InChI is InChI=1S/C19H13BrF2N2O3S/c20-12-4-3-5-13(10-12)24-28(26,27)14-8-9-18(17(22)11-14)23-19(25)15-6-1-2-7-16(15)21/h1-11,24H,(H,23,25). The lowest BCUT2D eigenvalue weighted by Gasteiger charge is -2.11. The number of rotatable bonds is 5. The van der Waals surface area contributed by atoms with E-state index in [1.54, 1.807) is 24.3 Å². The van der Waals surface area contributed by atoms with E-state index in [4.69, 9.17) is 0 Å². The van der Waals surface area contributed by atoms with Crippen LogP contribution < -0.4 is 10.0 Å². The van der Waals surface area contributed by atoms with Crippen LogP contribution in [0.25, 0.3) is 0 Å². The molecule has 9 heteroatoms. The summed E-state index contributed by atoms with van der Waals surface area (Å²) in [7, 11) is -4.04. The molecule has 0 aromatic heterocycles. The summed E-state index contributed by atoms with van der Waals surface area (Å²) in [5, 5.41) is 2.23. The number of sulfonamides is 1. The molecule has 0 spiro atoms. The lowest BCUT2D eigenvalue weighted by atomic mass is 10.2. The second kappa shape index (κ2) is 8.07. The molecular weight excluding hydrogens is 454 g/mol. The van der Waals surface area contributed by atoms with Crippen LogP contribution in [0.5, 0.6) is 0 Å². The molecule has 0 fully saturated rings. The molecule has 0 aliphatic rings. The van der Waals surface area contributed by atoms with Crippen LogP contribution in [0.3, 0.4) is 0 Å². The highest BCUT2D eigenvalue weighted by Crippen LogP contribution is 2.23. The van der Waals surface area contributed by atoms with Gasteiger partial charge in [-0.2, -0.15) is 0 Å². The summed E-state index contributed by atoms with van der Waals surface area (Å²) in [6.07, 6.45) is 0. The average Bonchev–Trinajstić information content (AvgIpc) is 2.63. The smallest absolute Gasteiger partial charge is 0.261 e. The van der Waals surface area contributed by atoms with E-state index >= 15 is 0 Å². The van der Waals surface area contributed by atoms with Gasteiger partial charge in [0, 0.05) is 10.2 Å². The van der Waals surface area contributed by atoms with E-state index in [2.05, 4.69) is 26.0 Å². The van der Waals surface area contributed by atoms with Crippen LogP contribution in [0.2, 0.25) is 0 Å². The second-order valence-electron chi connectivity index (χ2n) is 5.69. The van der Waals surface area contributed by atoms with Crippen LogP contribution in [0.1, 0.15) is 10.4 Å². The van der Waals surface area contributed by atoms with E-state index in [1.165, 1.54) is 18.2 Å². The second-order valence-corrected chi connectivity index (χ2v) is 8.29. The Bertz CT molecular complexity index is 1150. The highest BCUT2D eigenvalue weighted by Gasteiger charge is 2.18. The number of hydrogen-bond acceptors (Lipinski definition) is 3. The van der Waals surface area contributed by atoms with Crippen molar-refractivity contribution in [2.75, 3.05) is 10.0 Å². The number of carbonyl (C=O) groups is 1. The number of hydrogen-bond donors (Lipinski definition) is 2. The van der Waals surface area contributed by atoms with Crippen molar-refractivity contribution in [1.29, 1.82) is 0 Å². The van der Waals surface area contributed by atoms with E-state index in [9.17, 15) is 22.0 Å². The maximum absolute atomic E-state index is 14.4. The first-order chi connectivity index (χ1) is 13.3. The number of amides is 1. The molecule has 3 rings (SSSR count). The van der Waals surface area contributed by atoms with Gasteiger partial charge in [-0.25, -0.2) is 17.2 Å². The van der Waals surface area contributed by atoms with E-state index < -0.39 is 27.6 Å². The summed E-state index contributed by atoms with van der Waals surface area (Å²) in [5.41, 5.74) is -0.226. The normalized spacial score (nSPS) is 11.1. The summed E-state index contributed by atoms with van der Waals surface area (Å²) in [4.78, 5) is 11.8. The first kappa shape index (κ1) is 20.0. The summed E-state index contributed by atoms with van der Waals surface area (Å²) in [6, 6.07) is 14.7. The highest BCUT2D eigenvalue weighted by atomic mass is 79.9. The third-order valence-electron chi connectivity index (χ3n) is 3.69. The first-order valence-corrected chi connectivity index (χ1v) is 10.2. The van der Waals surface area contributed by atoms with Crippen LogP contribution in [-0.4, -0.2) is 14.3 Å². The van der Waals surface area contributed by atoms with Crippen LogP contribution >= 0.6 is 15.9 Å². The Morgan fingerprint density at radius 3 is 2.32 bits per heavy atom. The van der Waals surface area contributed by atoms with Gasteiger partial charge in [-0.1, -0.05) is 34.1 Å². The Morgan fingerprint density at radius 2 is 1.64 bits per heavy atom. The lowest BCUT2D eigenvalue weighted by Crippen LogP contribution is -2.16. The number of carbonyl (C=O) groups excluding carboxylic acids is 1. The van der Waals surface area contributed by atoms with Gasteiger partial charge in [-0.05, 0) is 48.5 Å². The fourth-order valence-corrected chi connectivity index (χ4v) is 3.83. The quantitative estimate of drug-likeness (QED) is 0.567. The van der Waals surface area contributed by atoms with Gasteiger partial charge < -0.3 is 5.32 Å². The van der Waals surface area contributed by atoms with Crippen molar-refractivity contribution in [2.45, 2.75) is 4.90 Å². The lowest BCUT2D eigenvalue weighted by molar-refractivity contribution is 0.102. The molecule has 3 aromatic rings. The highest BCUT2D eigenvalue weighted by molar-refractivity contribution is 9.10. The van der Waals surface area contributed by atoms with Crippen LogP contribution in [0, 0.1) is 11.6 Å². The Balaban J connectivity index is 1.82. The molecule has 0 aliphatic carbocycles. The zero-order valence-electron chi connectivity index (χ0n) is 14.1. The molecule has 28 heavy (non-hydrogen) atoms. The largest absolute Gasteiger partial charge is 0.319 e. The summed E-state index contributed by atoms with van der Waals surface area (Å²) in [6.45, 7) is 0. The molecule has 0 radical (unpaired) electrons. The van der Waals surface area contributed by atoms with Gasteiger partial charge >= 0.3 is 0 Å². The van der Waals surface area contributed by atoms with E-state index in [1.807, 2.05) is 0 Å². The summed E-state index contributed by atoms with van der Waals surface area (Å²) in [5.74, 6) is -2.57. The molecule has 2 N–H and O–H groups in total. The van der Waals surface area contributed by atoms with Crippen LogP contribution in [0.15, 0.2) is 76.1 Å². The van der Waals surface area contributed by atoms with Crippen LogP contribution in [-0.2, 0) is 10.0 Å². The Kier molecular flexibility index (Phi) is 5.76. The molecule has 0 aliphatic heterocycles. The molecule has 0 heterocycles. The Morgan fingerprint density at radius 1 is 0.893 bits per heavy atom. The predicted molar refractivity (Wildman–Crippen MR) is 106 cm³/mol. The fourth-order valence-electron chi connectivity index (χ4n) is 2.37. The maximum atomic E-state index is 14.4. The van der Waals surface area contributed by atoms with Crippen molar-refractivity contribution in [3.05, 3.63) is 88.4 Å². The molecule has 0 bridgehead atoms. The van der Waals surface area contributed by atoms with Crippen molar-refractivity contribution in [2.24, 2.45) is 0 Å². The third-order valence-corrected chi connectivity index (χ3v) is 5.57. The molecule has 0 unspecified atom stereocenters. The van der Waals surface area contributed by atoms with Gasteiger partial charge in [0.05, 0.1) is 16.1 Å². The van der Waals surface area contributed by atoms with Crippen LogP contribution in [0.4, 0.5) is 20.2 Å². The molecule has 0 saturated heterocycles. The minimum Gasteiger partial charge on any atom is -0.319 e. The molecular formula is C19H13BrF2N2O3S. The molecule has 144 valence electrons. The van der Waals surface area contributed by atoms with E-state index in [0.29, 0.717) is 10.2 Å². The van der Waals surface area contributed by atoms with Crippen molar-refractivity contribution < 1.29 is 22.0 Å². The summed E-state index contributed by atoms with van der Waals surface area (Å²) < 4.78 is 55.9. The van der Waals surface area contributed by atoms with Crippen molar-refractivity contribution >= 4 is 43.2 Å². The Labute approximate surface area is 168 Å². The average molecular weight is 467 g/mol. The monoisotopic (exact) mass is 466 g/mol. The third kappa shape index (κ3) is 4.55. The number of anilines is 2. The minimum absolute atomic E-state index is 0.255. The van der Waals surface area contributed by atoms with E-state index in [-0.39, 0.29) is 16.1 Å². The minimum atomic E-state index is -4.04. The van der Waals surface area contributed by atoms with Crippen molar-refractivity contribution in [1.82, 2.24) is 0 Å². The predicted octanol–water partition coefficient (Wildman–Crippen LogP) is 4.78. The fraction of sp³-hybridized carbons (Fsp3) is 0. The zero-order valence-corrected chi connectivity index (χ0v) is 16.5. The number of halogens is 3. The first-order valence-electron chi connectivity index (χ1n) is 7.90. The SMILES string of the molecule is O=C(Nc1ccc(S(=O)(=O)Nc2cccc(Br)c2)cc1F)c1ccccc1F. The molecule has 3 aromatic carbocycles. The van der Waals surface area contributed by atoms with Gasteiger partial charge in [-0.3, -0.25) is 9.52 Å².